The number of tetrazole rings is 1. The molecule has 0 atom stereocenters. The number of carbonyl (C=O) groups excluding carboxylic acids is 1. The molecular formula is C16H16N6OS. The van der Waals surface area contributed by atoms with Gasteiger partial charge in [-0.3, -0.25) is 4.79 Å². The molecular weight excluding hydrogens is 324 g/mol. The SMILES string of the molecule is Cc1cccc(NC(=O)CCSc2nnnn2-c2ccccc2)n1. The zero-order chi connectivity index (χ0) is 16.8. The minimum Gasteiger partial charge on any atom is -0.311 e. The van der Waals surface area contributed by atoms with Gasteiger partial charge in [-0.2, -0.15) is 4.68 Å². The van der Waals surface area contributed by atoms with Crippen LogP contribution in [0.15, 0.2) is 53.7 Å². The summed E-state index contributed by atoms with van der Waals surface area (Å²) in [7, 11) is 0. The largest absolute Gasteiger partial charge is 0.311 e. The van der Waals surface area contributed by atoms with Gasteiger partial charge in [-0.05, 0) is 41.6 Å². The second kappa shape index (κ2) is 7.69. The highest BCUT2D eigenvalue weighted by molar-refractivity contribution is 7.99. The fourth-order valence-electron chi connectivity index (χ4n) is 2.05. The van der Waals surface area contributed by atoms with Gasteiger partial charge in [-0.1, -0.05) is 36.0 Å². The molecule has 1 aromatic carbocycles. The molecule has 3 aromatic rings. The predicted molar refractivity (Wildman–Crippen MR) is 92.1 cm³/mol. The minimum absolute atomic E-state index is 0.0839. The van der Waals surface area contributed by atoms with E-state index in [1.807, 2.05) is 49.4 Å². The van der Waals surface area contributed by atoms with Crippen LogP contribution in [0.25, 0.3) is 5.69 Å². The first-order chi connectivity index (χ1) is 11.7. The molecule has 7 nitrogen and oxygen atoms in total. The van der Waals surface area contributed by atoms with E-state index in [-0.39, 0.29) is 5.91 Å². The number of nitrogens with one attached hydrogen (secondary N) is 1. The lowest BCUT2D eigenvalue weighted by atomic mass is 10.3. The molecule has 0 aliphatic heterocycles. The number of anilines is 1. The van der Waals surface area contributed by atoms with E-state index in [1.54, 1.807) is 10.7 Å². The number of hydrogen-bond acceptors (Lipinski definition) is 6. The molecule has 0 aliphatic carbocycles. The van der Waals surface area contributed by atoms with Gasteiger partial charge in [0, 0.05) is 17.9 Å². The summed E-state index contributed by atoms with van der Waals surface area (Å²) in [5.74, 6) is 1.06. The number of carbonyl (C=O) groups is 1. The zero-order valence-corrected chi connectivity index (χ0v) is 13.9. The Morgan fingerprint density at radius 3 is 2.79 bits per heavy atom. The highest BCUT2D eigenvalue weighted by atomic mass is 32.2. The molecule has 0 unspecified atom stereocenters. The summed E-state index contributed by atoms with van der Waals surface area (Å²) < 4.78 is 1.66. The van der Waals surface area contributed by atoms with Gasteiger partial charge in [0.1, 0.15) is 5.82 Å². The third-order valence-electron chi connectivity index (χ3n) is 3.16. The number of aryl methyl sites for hydroxylation is 1. The van der Waals surface area contributed by atoms with Gasteiger partial charge in [0.15, 0.2) is 0 Å². The summed E-state index contributed by atoms with van der Waals surface area (Å²) in [4.78, 5) is 16.2. The van der Waals surface area contributed by atoms with E-state index in [0.29, 0.717) is 23.1 Å². The molecule has 122 valence electrons. The Morgan fingerprint density at radius 2 is 2.00 bits per heavy atom. The molecule has 0 fully saturated rings. The van der Waals surface area contributed by atoms with Crippen molar-refractivity contribution >= 4 is 23.5 Å². The van der Waals surface area contributed by atoms with Crippen LogP contribution in [0, 0.1) is 6.92 Å². The number of hydrogen-bond donors (Lipinski definition) is 1. The van der Waals surface area contributed by atoms with Gasteiger partial charge >= 0.3 is 0 Å². The molecule has 0 radical (unpaired) electrons. The summed E-state index contributed by atoms with van der Waals surface area (Å²) in [6, 6.07) is 15.2. The van der Waals surface area contributed by atoms with Crippen molar-refractivity contribution in [2.75, 3.05) is 11.1 Å². The number of para-hydroxylation sites is 1. The number of aromatic nitrogens is 5. The quantitative estimate of drug-likeness (QED) is 0.694. The molecule has 2 heterocycles. The van der Waals surface area contributed by atoms with Crippen molar-refractivity contribution in [3.8, 4) is 5.69 Å². The summed E-state index contributed by atoms with van der Waals surface area (Å²) in [5.41, 5.74) is 1.75. The Labute approximate surface area is 143 Å². The van der Waals surface area contributed by atoms with E-state index in [4.69, 9.17) is 0 Å². The molecule has 0 saturated carbocycles. The van der Waals surface area contributed by atoms with E-state index >= 15 is 0 Å². The second-order valence-corrected chi connectivity index (χ2v) is 6.08. The molecule has 2 aromatic heterocycles. The molecule has 0 spiro atoms. The number of thioether (sulfide) groups is 1. The van der Waals surface area contributed by atoms with E-state index in [1.165, 1.54) is 11.8 Å². The fourth-order valence-corrected chi connectivity index (χ4v) is 2.88. The normalized spacial score (nSPS) is 10.5. The van der Waals surface area contributed by atoms with E-state index in [2.05, 4.69) is 25.8 Å². The monoisotopic (exact) mass is 340 g/mol. The van der Waals surface area contributed by atoms with Gasteiger partial charge in [0.05, 0.1) is 5.69 Å². The number of nitrogens with zero attached hydrogens (tertiary/aromatic N) is 5. The number of amides is 1. The molecule has 0 saturated heterocycles. The molecule has 24 heavy (non-hydrogen) atoms. The van der Waals surface area contributed by atoms with Crippen molar-refractivity contribution in [2.45, 2.75) is 18.5 Å². The van der Waals surface area contributed by atoms with Crippen LogP contribution in [0.5, 0.6) is 0 Å². The van der Waals surface area contributed by atoms with E-state index in [9.17, 15) is 4.79 Å². The van der Waals surface area contributed by atoms with E-state index in [0.717, 1.165) is 11.4 Å². The molecule has 1 amide bonds. The Balaban J connectivity index is 1.54. The van der Waals surface area contributed by atoms with Crippen LogP contribution in [0.3, 0.4) is 0 Å². The summed E-state index contributed by atoms with van der Waals surface area (Å²) >= 11 is 1.44. The average Bonchev–Trinajstić information content (AvgIpc) is 3.04. The number of pyridine rings is 1. The molecule has 0 aliphatic rings. The van der Waals surface area contributed by atoms with Crippen molar-refractivity contribution in [1.82, 2.24) is 25.2 Å². The first-order valence-corrected chi connectivity index (χ1v) is 8.41. The standard InChI is InChI=1S/C16H16N6OS/c1-12-6-5-9-14(17-12)18-15(23)10-11-24-16-19-20-21-22(16)13-7-3-2-4-8-13/h2-9H,10-11H2,1H3,(H,17,18,23). The van der Waals surface area contributed by atoms with Crippen molar-refractivity contribution in [3.63, 3.8) is 0 Å². The Kier molecular flexibility index (Phi) is 5.17. The van der Waals surface area contributed by atoms with Gasteiger partial charge in [-0.15, -0.1) is 5.10 Å². The summed E-state index contributed by atoms with van der Waals surface area (Å²) in [5, 5.41) is 15.1. The molecule has 8 heteroatoms. The summed E-state index contributed by atoms with van der Waals surface area (Å²) in [6.45, 7) is 1.88. The van der Waals surface area contributed by atoms with E-state index < -0.39 is 0 Å². The van der Waals surface area contributed by atoms with Crippen molar-refractivity contribution in [3.05, 3.63) is 54.2 Å². The fraction of sp³-hybridized carbons (Fsp3) is 0.188. The Hall–Kier alpha value is -2.74. The van der Waals surface area contributed by atoms with Crippen molar-refractivity contribution in [1.29, 1.82) is 0 Å². The van der Waals surface area contributed by atoms with Crippen molar-refractivity contribution < 1.29 is 4.79 Å². The molecule has 3 rings (SSSR count). The maximum Gasteiger partial charge on any atom is 0.226 e. The Bertz CT molecular complexity index is 820. The van der Waals surface area contributed by atoms with Crippen LogP contribution in [0.4, 0.5) is 5.82 Å². The Morgan fingerprint density at radius 1 is 1.17 bits per heavy atom. The van der Waals surface area contributed by atoms with Gasteiger partial charge in [0.2, 0.25) is 11.1 Å². The average molecular weight is 340 g/mol. The zero-order valence-electron chi connectivity index (χ0n) is 13.1. The van der Waals surface area contributed by atoms with Crippen molar-refractivity contribution in [2.24, 2.45) is 0 Å². The van der Waals surface area contributed by atoms with Crippen LogP contribution in [0.2, 0.25) is 0 Å². The van der Waals surface area contributed by atoms with Crippen LogP contribution in [-0.4, -0.2) is 36.9 Å². The lowest BCUT2D eigenvalue weighted by Gasteiger charge is -2.05. The van der Waals surface area contributed by atoms with Crippen LogP contribution in [0.1, 0.15) is 12.1 Å². The third kappa shape index (κ3) is 4.17. The highest BCUT2D eigenvalue weighted by Gasteiger charge is 2.10. The highest BCUT2D eigenvalue weighted by Crippen LogP contribution is 2.18. The topological polar surface area (TPSA) is 85.6 Å². The lowest BCUT2D eigenvalue weighted by Crippen LogP contribution is -2.13. The first-order valence-electron chi connectivity index (χ1n) is 7.42. The van der Waals surface area contributed by atoms with Gasteiger partial charge < -0.3 is 5.32 Å². The smallest absolute Gasteiger partial charge is 0.226 e. The van der Waals surface area contributed by atoms with Crippen LogP contribution >= 0.6 is 11.8 Å². The maximum absolute atomic E-state index is 12.0. The molecule has 1 N–H and O–H groups in total. The number of rotatable bonds is 6. The maximum atomic E-state index is 12.0. The summed E-state index contributed by atoms with van der Waals surface area (Å²) in [6.07, 6.45) is 0.349. The lowest BCUT2D eigenvalue weighted by molar-refractivity contribution is -0.115. The third-order valence-corrected chi connectivity index (χ3v) is 4.08. The molecule has 0 bridgehead atoms. The van der Waals surface area contributed by atoms with Gasteiger partial charge in [0.25, 0.3) is 0 Å². The predicted octanol–water partition coefficient (Wildman–Crippen LogP) is 2.49. The second-order valence-electron chi connectivity index (χ2n) is 5.02. The van der Waals surface area contributed by atoms with Crippen LogP contribution in [-0.2, 0) is 4.79 Å². The number of benzene rings is 1. The van der Waals surface area contributed by atoms with Crippen LogP contribution < -0.4 is 5.32 Å². The minimum atomic E-state index is -0.0839. The first kappa shape index (κ1) is 16.1. The van der Waals surface area contributed by atoms with Gasteiger partial charge in [-0.25, -0.2) is 4.98 Å².